The SMILES string of the molecule is CC(C)n1cc(-c2ccc(F)cc2)c(=O)c(C(=O)Nc2ccccn2)n1. The minimum absolute atomic E-state index is 0.0730. The van der Waals surface area contributed by atoms with E-state index < -0.39 is 17.2 Å². The van der Waals surface area contributed by atoms with E-state index in [-0.39, 0.29) is 17.3 Å². The highest BCUT2D eigenvalue weighted by atomic mass is 19.1. The Morgan fingerprint density at radius 1 is 1.15 bits per heavy atom. The summed E-state index contributed by atoms with van der Waals surface area (Å²) in [6, 6.07) is 10.5. The molecule has 0 unspecified atom stereocenters. The Kier molecular flexibility index (Phi) is 4.88. The van der Waals surface area contributed by atoms with Crippen molar-refractivity contribution < 1.29 is 9.18 Å². The van der Waals surface area contributed by atoms with Crippen LogP contribution in [0.25, 0.3) is 11.1 Å². The summed E-state index contributed by atoms with van der Waals surface area (Å²) >= 11 is 0. The first-order valence-electron chi connectivity index (χ1n) is 8.07. The molecule has 0 fully saturated rings. The number of amides is 1. The molecule has 1 aromatic carbocycles. The first-order chi connectivity index (χ1) is 12.5. The molecule has 0 aliphatic rings. The highest BCUT2D eigenvalue weighted by Gasteiger charge is 2.19. The Morgan fingerprint density at radius 2 is 1.88 bits per heavy atom. The van der Waals surface area contributed by atoms with E-state index in [0.717, 1.165) is 0 Å². The van der Waals surface area contributed by atoms with Gasteiger partial charge in [-0.15, -0.1) is 0 Å². The molecule has 3 rings (SSSR count). The second kappa shape index (κ2) is 7.26. The van der Waals surface area contributed by atoms with E-state index in [2.05, 4.69) is 15.4 Å². The molecule has 26 heavy (non-hydrogen) atoms. The molecular formula is C19H17FN4O2. The Morgan fingerprint density at radius 3 is 2.50 bits per heavy atom. The van der Waals surface area contributed by atoms with Crippen LogP contribution in [-0.2, 0) is 0 Å². The lowest BCUT2D eigenvalue weighted by molar-refractivity contribution is 0.101. The lowest BCUT2D eigenvalue weighted by Gasteiger charge is -2.13. The minimum atomic E-state index is -0.646. The van der Waals surface area contributed by atoms with Crippen molar-refractivity contribution in [3.63, 3.8) is 0 Å². The van der Waals surface area contributed by atoms with Crippen molar-refractivity contribution >= 4 is 11.7 Å². The van der Waals surface area contributed by atoms with E-state index in [4.69, 9.17) is 0 Å². The van der Waals surface area contributed by atoms with Crippen LogP contribution < -0.4 is 10.7 Å². The van der Waals surface area contributed by atoms with Crippen molar-refractivity contribution in [1.82, 2.24) is 14.8 Å². The first-order valence-corrected chi connectivity index (χ1v) is 8.07. The zero-order valence-corrected chi connectivity index (χ0v) is 14.3. The number of nitrogens with one attached hydrogen (secondary N) is 1. The summed E-state index contributed by atoms with van der Waals surface area (Å²) in [6.45, 7) is 3.76. The molecule has 0 saturated heterocycles. The molecule has 2 aromatic heterocycles. The maximum absolute atomic E-state index is 13.2. The first kappa shape index (κ1) is 17.5. The number of nitrogens with zero attached hydrogens (tertiary/aromatic N) is 3. The van der Waals surface area contributed by atoms with Crippen LogP contribution in [0.5, 0.6) is 0 Å². The van der Waals surface area contributed by atoms with Gasteiger partial charge in [0.25, 0.3) is 5.91 Å². The predicted molar refractivity (Wildman–Crippen MR) is 96.5 cm³/mol. The molecule has 3 aromatic rings. The maximum atomic E-state index is 13.2. The third-order valence-corrected chi connectivity index (χ3v) is 3.74. The molecule has 2 heterocycles. The fraction of sp³-hybridized carbons (Fsp3) is 0.158. The van der Waals surface area contributed by atoms with E-state index >= 15 is 0 Å². The third kappa shape index (κ3) is 3.66. The van der Waals surface area contributed by atoms with E-state index in [0.29, 0.717) is 11.4 Å². The number of pyridine rings is 1. The van der Waals surface area contributed by atoms with Crippen molar-refractivity contribution in [2.24, 2.45) is 0 Å². The molecule has 6 nitrogen and oxygen atoms in total. The van der Waals surface area contributed by atoms with Crippen molar-refractivity contribution in [3.8, 4) is 11.1 Å². The van der Waals surface area contributed by atoms with Crippen LogP contribution in [0.15, 0.2) is 59.7 Å². The number of rotatable bonds is 4. The number of halogens is 1. The summed E-state index contributed by atoms with van der Waals surface area (Å²) in [4.78, 5) is 29.4. The molecule has 1 amide bonds. The number of hydrogen-bond acceptors (Lipinski definition) is 4. The van der Waals surface area contributed by atoms with Gasteiger partial charge in [0.1, 0.15) is 11.6 Å². The molecule has 0 atom stereocenters. The van der Waals surface area contributed by atoms with Gasteiger partial charge in [-0.3, -0.25) is 14.3 Å². The van der Waals surface area contributed by atoms with Crippen molar-refractivity contribution in [3.05, 3.63) is 76.6 Å². The Labute approximate surface area is 149 Å². The second-order valence-electron chi connectivity index (χ2n) is 5.97. The van der Waals surface area contributed by atoms with E-state index in [1.165, 1.54) is 35.1 Å². The van der Waals surface area contributed by atoms with Gasteiger partial charge >= 0.3 is 0 Å². The predicted octanol–water partition coefficient (Wildman–Crippen LogP) is 3.28. The van der Waals surface area contributed by atoms with E-state index in [1.54, 1.807) is 24.4 Å². The van der Waals surface area contributed by atoms with Gasteiger partial charge in [-0.1, -0.05) is 18.2 Å². The van der Waals surface area contributed by atoms with Gasteiger partial charge < -0.3 is 5.32 Å². The molecule has 0 bridgehead atoms. The lowest BCUT2D eigenvalue weighted by atomic mass is 10.1. The molecule has 0 aliphatic carbocycles. The van der Waals surface area contributed by atoms with Gasteiger partial charge in [0.2, 0.25) is 5.43 Å². The fourth-order valence-electron chi connectivity index (χ4n) is 2.37. The van der Waals surface area contributed by atoms with Gasteiger partial charge in [0.15, 0.2) is 5.69 Å². The number of benzene rings is 1. The Balaban J connectivity index is 2.08. The summed E-state index contributed by atoms with van der Waals surface area (Å²) < 4.78 is 14.7. The van der Waals surface area contributed by atoms with Crippen LogP contribution in [0, 0.1) is 5.82 Å². The second-order valence-corrected chi connectivity index (χ2v) is 5.97. The summed E-state index contributed by atoms with van der Waals surface area (Å²) in [6.07, 6.45) is 3.10. The molecule has 1 N–H and O–H groups in total. The van der Waals surface area contributed by atoms with Crippen molar-refractivity contribution in [1.29, 1.82) is 0 Å². The zero-order valence-electron chi connectivity index (χ0n) is 14.3. The fourth-order valence-corrected chi connectivity index (χ4v) is 2.37. The van der Waals surface area contributed by atoms with Crippen LogP contribution in [0.1, 0.15) is 30.4 Å². The molecule has 0 aliphatic heterocycles. The maximum Gasteiger partial charge on any atom is 0.281 e. The topological polar surface area (TPSA) is 76.9 Å². The van der Waals surface area contributed by atoms with E-state index in [9.17, 15) is 14.0 Å². The highest BCUT2D eigenvalue weighted by molar-refractivity contribution is 6.02. The van der Waals surface area contributed by atoms with Crippen LogP contribution in [0.3, 0.4) is 0 Å². The molecule has 0 spiro atoms. The third-order valence-electron chi connectivity index (χ3n) is 3.74. The van der Waals surface area contributed by atoms with Crippen LogP contribution in [0.2, 0.25) is 0 Å². The molecule has 0 radical (unpaired) electrons. The van der Waals surface area contributed by atoms with Crippen molar-refractivity contribution in [2.45, 2.75) is 19.9 Å². The number of anilines is 1. The quantitative estimate of drug-likeness (QED) is 0.782. The number of carbonyl (C=O) groups is 1. The van der Waals surface area contributed by atoms with E-state index in [1.807, 2.05) is 13.8 Å². The average molecular weight is 352 g/mol. The Hall–Kier alpha value is -3.35. The monoisotopic (exact) mass is 352 g/mol. The smallest absolute Gasteiger partial charge is 0.281 e. The number of aromatic nitrogens is 3. The molecule has 7 heteroatoms. The molecular weight excluding hydrogens is 335 g/mol. The van der Waals surface area contributed by atoms with Crippen molar-refractivity contribution in [2.75, 3.05) is 5.32 Å². The standard InChI is InChI=1S/C19H17FN4O2/c1-12(2)24-11-15(13-6-8-14(20)9-7-13)18(25)17(23-24)19(26)22-16-5-3-4-10-21-16/h3-12H,1-2H3,(H,21,22,26). The largest absolute Gasteiger partial charge is 0.305 e. The lowest BCUT2D eigenvalue weighted by Crippen LogP contribution is -2.28. The summed E-state index contributed by atoms with van der Waals surface area (Å²) in [5.74, 6) is -0.728. The number of hydrogen-bond donors (Lipinski definition) is 1. The number of carbonyl (C=O) groups excluding carboxylic acids is 1. The molecule has 132 valence electrons. The van der Waals surface area contributed by atoms with Gasteiger partial charge in [-0.25, -0.2) is 9.37 Å². The summed E-state index contributed by atoms with van der Waals surface area (Å²) in [5.41, 5.74) is 0.0214. The molecule has 0 saturated carbocycles. The van der Waals surface area contributed by atoms with Gasteiger partial charge in [0, 0.05) is 24.0 Å². The Bertz CT molecular complexity index is 983. The van der Waals surface area contributed by atoms with Gasteiger partial charge in [-0.2, -0.15) is 5.10 Å². The zero-order chi connectivity index (χ0) is 18.7. The van der Waals surface area contributed by atoms with Gasteiger partial charge in [0.05, 0.1) is 0 Å². The van der Waals surface area contributed by atoms with Crippen LogP contribution >= 0.6 is 0 Å². The van der Waals surface area contributed by atoms with Crippen LogP contribution in [0.4, 0.5) is 10.2 Å². The summed E-state index contributed by atoms with van der Waals surface area (Å²) in [7, 11) is 0. The van der Waals surface area contributed by atoms with Crippen LogP contribution in [-0.4, -0.2) is 20.7 Å². The normalized spacial score (nSPS) is 10.8. The van der Waals surface area contributed by atoms with Gasteiger partial charge in [-0.05, 0) is 43.7 Å². The minimum Gasteiger partial charge on any atom is -0.305 e. The highest BCUT2D eigenvalue weighted by Crippen LogP contribution is 2.17. The summed E-state index contributed by atoms with van der Waals surface area (Å²) in [5, 5.41) is 6.73. The average Bonchev–Trinajstić information content (AvgIpc) is 2.63.